The van der Waals surface area contributed by atoms with Gasteiger partial charge in [0.2, 0.25) is 0 Å². The summed E-state index contributed by atoms with van der Waals surface area (Å²) in [6.45, 7) is 20.2. The van der Waals surface area contributed by atoms with E-state index < -0.39 is 5.60 Å². The number of anilines is 3. The van der Waals surface area contributed by atoms with Crippen LogP contribution >= 0.6 is 0 Å². The zero-order valence-corrected chi connectivity index (χ0v) is 27.6. The molecular formula is C36H48N6O4. The Morgan fingerprint density at radius 1 is 0.957 bits per heavy atom. The van der Waals surface area contributed by atoms with Gasteiger partial charge in [-0.15, -0.1) is 0 Å². The lowest BCUT2D eigenvalue weighted by Crippen LogP contribution is -2.37. The molecule has 10 heteroatoms. The molecule has 0 unspecified atom stereocenters. The molecular weight excluding hydrogens is 580 g/mol. The molecule has 10 nitrogen and oxygen atoms in total. The van der Waals surface area contributed by atoms with E-state index in [2.05, 4.69) is 43.9 Å². The number of carbonyl (C=O) groups is 1. The number of hydrogen-bond acceptors (Lipinski definition) is 9. The van der Waals surface area contributed by atoms with E-state index >= 15 is 0 Å². The molecule has 1 saturated heterocycles. The molecule has 2 heterocycles. The number of amides is 1. The number of aromatic nitrogens is 1. The molecule has 4 rings (SSSR count). The van der Waals surface area contributed by atoms with Crippen molar-refractivity contribution in [1.82, 2.24) is 14.8 Å². The Morgan fingerprint density at radius 2 is 1.65 bits per heavy atom. The van der Waals surface area contributed by atoms with Crippen LogP contribution < -0.4 is 20.7 Å². The second-order valence-corrected chi connectivity index (χ2v) is 12.2. The zero-order valence-electron chi connectivity index (χ0n) is 27.6. The Kier molecular flexibility index (Phi) is 12.4. The fourth-order valence-electron chi connectivity index (χ4n) is 5.00. The summed E-state index contributed by atoms with van der Waals surface area (Å²) < 4.78 is 16.6. The Balaban J connectivity index is 1.38. The van der Waals surface area contributed by atoms with E-state index in [4.69, 9.17) is 14.2 Å². The molecule has 1 fully saturated rings. The summed E-state index contributed by atoms with van der Waals surface area (Å²) in [6.07, 6.45) is 3.84. The number of nitrogens with zero attached hydrogens (tertiary/aromatic N) is 3. The fraction of sp³-hybridized carbons (Fsp3) is 0.389. The molecule has 1 amide bonds. The van der Waals surface area contributed by atoms with Crippen molar-refractivity contribution in [3.8, 4) is 5.75 Å². The van der Waals surface area contributed by atoms with Crippen molar-refractivity contribution in [2.75, 3.05) is 62.5 Å². The van der Waals surface area contributed by atoms with Crippen LogP contribution in [0.3, 0.4) is 0 Å². The first-order valence-electron chi connectivity index (χ1n) is 15.7. The van der Waals surface area contributed by atoms with Gasteiger partial charge in [0.05, 0.1) is 37.5 Å². The third kappa shape index (κ3) is 11.1. The largest absolute Gasteiger partial charge is 0.497 e. The third-order valence-electron chi connectivity index (χ3n) is 7.33. The van der Waals surface area contributed by atoms with E-state index in [1.165, 1.54) is 0 Å². The molecule has 3 aromatic rings. The van der Waals surface area contributed by atoms with E-state index in [0.29, 0.717) is 29.5 Å². The average molecular weight is 629 g/mol. The molecule has 2 aromatic carbocycles. The second-order valence-electron chi connectivity index (χ2n) is 12.2. The van der Waals surface area contributed by atoms with Gasteiger partial charge in [0, 0.05) is 38.1 Å². The van der Waals surface area contributed by atoms with Gasteiger partial charge in [-0.25, -0.2) is 0 Å². The number of unbranched alkanes of at least 4 members (excludes halogenated alkanes) is 1. The Bertz CT molecular complexity index is 1430. The quantitative estimate of drug-likeness (QED) is 0.121. The van der Waals surface area contributed by atoms with Gasteiger partial charge in [0.25, 0.3) is 5.91 Å². The summed E-state index contributed by atoms with van der Waals surface area (Å²) in [6, 6.07) is 18.9. The number of morpholine rings is 1. The number of benzene rings is 2. The van der Waals surface area contributed by atoms with Gasteiger partial charge in [-0.1, -0.05) is 24.8 Å². The highest BCUT2D eigenvalue weighted by molar-refractivity contribution is 6.04. The van der Waals surface area contributed by atoms with Gasteiger partial charge in [-0.2, -0.15) is 0 Å². The van der Waals surface area contributed by atoms with Crippen LogP contribution in [-0.2, 0) is 16.0 Å². The van der Waals surface area contributed by atoms with Gasteiger partial charge in [-0.05, 0) is 94.8 Å². The Hall–Kier alpha value is -4.54. The SMILES string of the molecule is C=C(Nc1ccccc1NC(=O)c1ccc(CN(CCCCN2CCOCC2)C(=C)Nc2ccc(OC)cc2)cn1)OC(C)(C)C. The van der Waals surface area contributed by atoms with Crippen molar-refractivity contribution < 1.29 is 19.0 Å². The number of carbonyl (C=O) groups excluding carboxylic acids is 1. The van der Waals surface area contributed by atoms with Crippen LogP contribution in [0.1, 0.15) is 49.7 Å². The molecule has 0 bridgehead atoms. The topological polar surface area (TPSA) is 100 Å². The summed E-state index contributed by atoms with van der Waals surface area (Å²) in [5.41, 5.74) is 3.09. The highest BCUT2D eigenvalue weighted by atomic mass is 16.5. The molecule has 0 atom stereocenters. The molecule has 0 spiro atoms. The maximum absolute atomic E-state index is 13.2. The van der Waals surface area contributed by atoms with E-state index in [0.717, 1.165) is 75.1 Å². The highest BCUT2D eigenvalue weighted by Crippen LogP contribution is 2.25. The number of methoxy groups -OCH3 is 1. The molecule has 3 N–H and O–H groups in total. The number of ether oxygens (including phenoxy) is 3. The predicted octanol–water partition coefficient (Wildman–Crippen LogP) is 6.54. The number of hydrogen-bond donors (Lipinski definition) is 3. The first-order chi connectivity index (χ1) is 22.1. The van der Waals surface area contributed by atoms with Crippen molar-refractivity contribution in [3.05, 3.63) is 103 Å². The van der Waals surface area contributed by atoms with Crippen molar-refractivity contribution in [2.45, 2.75) is 45.8 Å². The first kappa shape index (κ1) is 34.3. The predicted molar refractivity (Wildman–Crippen MR) is 185 cm³/mol. The third-order valence-corrected chi connectivity index (χ3v) is 7.33. The lowest BCUT2D eigenvalue weighted by molar-refractivity contribution is 0.0369. The molecule has 1 aliphatic rings. The van der Waals surface area contributed by atoms with Crippen molar-refractivity contribution in [3.63, 3.8) is 0 Å². The Morgan fingerprint density at radius 3 is 2.28 bits per heavy atom. The van der Waals surface area contributed by atoms with Crippen molar-refractivity contribution in [2.24, 2.45) is 0 Å². The maximum atomic E-state index is 13.2. The van der Waals surface area contributed by atoms with Gasteiger partial charge in [-0.3, -0.25) is 14.7 Å². The van der Waals surface area contributed by atoms with E-state index in [-0.39, 0.29) is 5.91 Å². The molecule has 0 saturated carbocycles. The van der Waals surface area contributed by atoms with Crippen LogP contribution in [0.2, 0.25) is 0 Å². The summed E-state index contributed by atoms with van der Waals surface area (Å²) in [5.74, 6) is 1.67. The van der Waals surface area contributed by atoms with Crippen LogP contribution in [-0.4, -0.2) is 72.8 Å². The van der Waals surface area contributed by atoms with Gasteiger partial charge >= 0.3 is 0 Å². The second kappa shape index (κ2) is 16.7. The van der Waals surface area contributed by atoms with E-state index in [9.17, 15) is 4.79 Å². The van der Waals surface area contributed by atoms with Crippen molar-refractivity contribution in [1.29, 1.82) is 0 Å². The number of pyridine rings is 1. The van der Waals surface area contributed by atoms with Crippen LogP contribution in [0.25, 0.3) is 0 Å². The number of rotatable bonds is 16. The fourth-order valence-corrected chi connectivity index (χ4v) is 5.00. The molecule has 0 aliphatic carbocycles. The summed E-state index contributed by atoms with van der Waals surface area (Å²) in [7, 11) is 1.65. The standard InChI is InChI=1S/C36H48N6O4/c1-27(38-30-14-16-31(44-6)17-15-30)42(20-10-9-19-41-21-23-45-24-22-41)26-29-13-18-34(37-25-29)35(43)40-33-12-8-7-11-32(33)39-28(2)46-36(3,4)5/h7-8,11-18,25,38-39H,1-2,9-10,19-24,26H2,3-6H3,(H,40,43). The summed E-state index contributed by atoms with van der Waals surface area (Å²) >= 11 is 0. The van der Waals surface area contributed by atoms with Crippen LogP contribution in [0.15, 0.2) is 91.7 Å². The average Bonchev–Trinajstić information content (AvgIpc) is 3.03. The zero-order chi connectivity index (χ0) is 32.9. The van der Waals surface area contributed by atoms with E-state index in [1.807, 2.05) is 75.4 Å². The Labute approximate surface area is 273 Å². The van der Waals surface area contributed by atoms with Crippen LogP contribution in [0, 0.1) is 0 Å². The smallest absolute Gasteiger partial charge is 0.274 e. The molecule has 246 valence electrons. The molecule has 1 aliphatic heterocycles. The summed E-state index contributed by atoms with van der Waals surface area (Å²) in [4.78, 5) is 22.3. The lowest BCUT2D eigenvalue weighted by Gasteiger charge is -2.29. The molecule has 46 heavy (non-hydrogen) atoms. The van der Waals surface area contributed by atoms with E-state index in [1.54, 1.807) is 19.4 Å². The normalized spacial score (nSPS) is 13.4. The first-order valence-corrected chi connectivity index (χ1v) is 15.7. The highest BCUT2D eigenvalue weighted by Gasteiger charge is 2.16. The van der Waals surface area contributed by atoms with Crippen LogP contribution in [0.4, 0.5) is 17.1 Å². The minimum Gasteiger partial charge on any atom is -0.497 e. The maximum Gasteiger partial charge on any atom is 0.274 e. The minimum atomic E-state index is -0.398. The van der Waals surface area contributed by atoms with Crippen LogP contribution in [0.5, 0.6) is 5.75 Å². The lowest BCUT2D eigenvalue weighted by atomic mass is 10.2. The van der Waals surface area contributed by atoms with Gasteiger partial charge < -0.3 is 35.1 Å². The number of nitrogens with one attached hydrogen (secondary N) is 3. The molecule has 1 aromatic heterocycles. The molecule has 0 radical (unpaired) electrons. The van der Waals surface area contributed by atoms with Gasteiger partial charge in [0.1, 0.15) is 17.0 Å². The van der Waals surface area contributed by atoms with Gasteiger partial charge in [0.15, 0.2) is 5.88 Å². The minimum absolute atomic E-state index is 0.311. The monoisotopic (exact) mass is 628 g/mol. The summed E-state index contributed by atoms with van der Waals surface area (Å²) in [5, 5.41) is 9.53. The number of para-hydroxylation sites is 2. The van der Waals surface area contributed by atoms with Crippen molar-refractivity contribution >= 4 is 23.0 Å².